The minimum Gasteiger partial charge on any atom is -0.380 e. The van der Waals surface area contributed by atoms with Gasteiger partial charge in [0.05, 0.1) is 11.9 Å². The van der Waals surface area contributed by atoms with E-state index in [2.05, 4.69) is 26.2 Å². The van der Waals surface area contributed by atoms with Crippen LogP contribution >= 0.6 is 27.5 Å². The molecule has 0 fully saturated rings. The Morgan fingerprint density at radius 1 is 1.33 bits per heavy atom. The van der Waals surface area contributed by atoms with Crippen LogP contribution in [-0.2, 0) is 6.54 Å². The molecule has 18 heavy (non-hydrogen) atoms. The molecule has 1 N–H and O–H groups in total. The molecule has 2 rings (SSSR count). The maximum Gasteiger partial charge on any atom is 0.141 e. The summed E-state index contributed by atoms with van der Waals surface area (Å²) in [5, 5.41) is 3.88. The van der Waals surface area contributed by atoms with Crippen molar-refractivity contribution in [3.8, 4) is 0 Å². The van der Waals surface area contributed by atoms with Crippen LogP contribution in [-0.4, -0.2) is 4.98 Å². The third-order valence-corrected chi connectivity index (χ3v) is 3.56. The molecule has 94 valence electrons. The zero-order chi connectivity index (χ0) is 13.1. The highest BCUT2D eigenvalue weighted by atomic mass is 79.9. The molecular formula is C13H11BrClFN2. The van der Waals surface area contributed by atoms with E-state index in [-0.39, 0.29) is 5.82 Å². The summed E-state index contributed by atoms with van der Waals surface area (Å²) >= 11 is 9.52. The average Bonchev–Trinajstić information content (AvgIpc) is 2.32. The van der Waals surface area contributed by atoms with Crippen LogP contribution < -0.4 is 5.32 Å². The highest BCUT2D eigenvalue weighted by Gasteiger charge is 2.04. The van der Waals surface area contributed by atoms with Crippen LogP contribution in [0.25, 0.3) is 0 Å². The van der Waals surface area contributed by atoms with Crippen molar-refractivity contribution >= 4 is 33.2 Å². The van der Waals surface area contributed by atoms with Gasteiger partial charge >= 0.3 is 0 Å². The lowest BCUT2D eigenvalue weighted by Gasteiger charge is -2.10. The molecule has 0 saturated heterocycles. The third-order valence-electron chi connectivity index (χ3n) is 2.49. The number of pyridine rings is 1. The van der Waals surface area contributed by atoms with Gasteiger partial charge < -0.3 is 5.32 Å². The molecule has 1 heterocycles. The summed E-state index contributed by atoms with van der Waals surface area (Å²) in [6.45, 7) is 2.43. The summed E-state index contributed by atoms with van der Waals surface area (Å²) in [4.78, 5) is 3.80. The number of rotatable bonds is 3. The highest BCUT2D eigenvalue weighted by Crippen LogP contribution is 2.29. The monoisotopic (exact) mass is 328 g/mol. The molecule has 0 spiro atoms. The Morgan fingerprint density at radius 3 is 2.83 bits per heavy atom. The number of hydrogen-bond donors (Lipinski definition) is 1. The molecule has 0 radical (unpaired) electrons. The number of halogens is 3. The maximum absolute atomic E-state index is 13.0. The van der Waals surface area contributed by atoms with Crippen molar-refractivity contribution in [3.63, 3.8) is 0 Å². The summed E-state index contributed by atoms with van der Waals surface area (Å²) < 4.78 is 13.9. The standard InChI is InChI=1S/C13H11BrClFN2/c1-8-2-11(14)13(4-12(8)15)18-6-9-3-10(16)7-17-5-9/h2-5,7,18H,6H2,1H3. The van der Waals surface area contributed by atoms with Gasteiger partial charge in [-0.2, -0.15) is 0 Å². The average molecular weight is 330 g/mol. The molecule has 1 aromatic carbocycles. The fourth-order valence-electron chi connectivity index (χ4n) is 1.53. The molecule has 0 amide bonds. The van der Waals surface area contributed by atoms with Gasteiger partial charge in [-0.05, 0) is 52.2 Å². The minimum atomic E-state index is -0.338. The Bertz CT molecular complexity index is 575. The van der Waals surface area contributed by atoms with Crippen molar-refractivity contribution in [3.05, 3.63) is 57.0 Å². The van der Waals surface area contributed by atoms with Crippen molar-refractivity contribution in [2.24, 2.45) is 0 Å². The first-order chi connectivity index (χ1) is 8.56. The Labute approximate surface area is 118 Å². The zero-order valence-electron chi connectivity index (χ0n) is 9.67. The van der Waals surface area contributed by atoms with E-state index in [1.54, 1.807) is 6.20 Å². The van der Waals surface area contributed by atoms with Crippen molar-refractivity contribution in [2.75, 3.05) is 5.32 Å². The van der Waals surface area contributed by atoms with Gasteiger partial charge in [0.1, 0.15) is 5.82 Å². The van der Waals surface area contributed by atoms with Crippen LogP contribution in [0.15, 0.2) is 35.1 Å². The second kappa shape index (κ2) is 5.67. The number of aryl methyl sites for hydroxylation is 1. The van der Waals surface area contributed by atoms with E-state index in [0.717, 1.165) is 21.3 Å². The molecule has 0 aliphatic rings. The molecular weight excluding hydrogens is 319 g/mol. The zero-order valence-corrected chi connectivity index (χ0v) is 12.0. The summed E-state index contributed by atoms with van der Waals surface area (Å²) in [6, 6.07) is 5.23. The van der Waals surface area contributed by atoms with Crippen LogP contribution in [0.4, 0.5) is 10.1 Å². The molecule has 0 unspecified atom stereocenters. The quantitative estimate of drug-likeness (QED) is 0.893. The van der Waals surface area contributed by atoms with Crippen LogP contribution in [0.1, 0.15) is 11.1 Å². The molecule has 0 aliphatic heterocycles. The summed E-state index contributed by atoms with van der Waals surface area (Å²) in [5.74, 6) is -0.338. The van der Waals surface area contributed by atoms with E-state index >= 15 is 0 Å². The first-order valence-corrected chi connectivity index (χ1v) is 6.52. The van der Waals surface area contributed by atoms with Gasteiger partial charge in [-0.3, -0.25) is 4.98 Å². The topological polar surface area (TPSA) is 24.9 Å². The van der Waals surface area contributed by atoms with Crippen molar-refractivity contribution in [1.82, 2.24) is 4.98 Å². The molecule has 0 saturated carbocycles. The van der Waals surface area contributed by atoms with Gasteiger partial charge in [0.2, 0.25) is 0 Å². The lowest BCUT2D eigenvalue weighted by molar-refractivity contribution is 0.619. The van der Waals surface area contributed by atoms with E-state index in [4.69, 9.17) is 11.6 Å². The minimum absolute atomic E-state index is 0.338. The SMILES string of the molecule is Cc1cc(Br)c(NCc2cncc(F)c2)cc1Cl. The number of aromatic nitrogens is 1. The number of nitrogens with zero attached hydrogens (tertiary/aromatic N) is 1. The molecule has 0 atom stereocenters. The van der Waals surface area contributed by atoms with Crippen molar-refractivity contribution < 1.29 is 4.39 Å². The summed E-state index contributed by atoms with van der Waals surface area (Å²) in [6.07, 6.45) is 2.81. The van der Waals surface area contributed by atoms with Gasteiger partial charge in [0, 0.05) is 22.2 Å². The fourth-order valence-corrected chi connectivity index (χ4v) is 2.29. The highest BCUT2D eigenvalue weighted by molar-refractivity contribution is 9.10. The van der Waals surface area contributed by atoms with Gasteiger partial charge in [-0.25, -0.2) is 4.39 Å². The van der Waals surface area contributed by atoms with Crippen LogP contribution in [0, 0.1) is 12.7 Å². The Morgan fingerprint density at radius 2 is 2.11 bits per heavy atom. The van der Waals surface area contributed by atoms with Gasteiger partial charge in [-0.15, -0.1) is 0 Å². The number of benzene rings is 1. The van der Waals surface area contributed by atoms with E-state index in [9.17, 15) is 4.39 Å². The second-order valence-electron chi connectivity index (χ2n) is 3.95. The van der Waals surface area contributed by atoms with E-state index in [1.165, 1.54) is 12.3 Å². The van der Waals surface area contributed by atoms with Gasteiger partial charge in [0.15, 0.2) is 0 Å². The third kappa shape index (κ3) is 3.21. The fraction of sp³-hybridized carbons (Fsp3) is 0.154. The molecule has 0 aliphatic carbocycles. The van der Waals surface area contributed by atoms with Gasteiger partial charge in [0.25, 0.3) is 0 Å². The Hall–Kier alpha value is -1.13. The number of nitrogens with one attached hydrogen (secondary N) is 1. The molecule has 0 bridgehead atoms. The normalized spacial score (nSPS) is 10.4. The van der Waals surface area contributed by atoms with Crippen molar-refractivity contribution in [2.45, 2.75) is 13.5 Å². The van der Waals surface area contributed by atoms with E-state index < -0.39 is 0 Å². The largest absolute Gasteiger partial charge is 0.380 e. The Kier molecular flexibility index (Phi) is 4.19. The lowest BCUT2D eigenvalue weighted by Crippen LogP contribution is -2.01. The van der Waals surface area contributed by atoms with E-state index in [1.807, 2.05) is 19.1 Å². The summed E-state index contributed by atoms with van der Waals surface area (Å²) in [5.41, 5.74) is 2.65. The number of hydrogen-bond acceptors (Lipinski definition) is 2. The van der Waals surface area contributed by atoms with Crippen LogP contribution in [0.2, 0.25) is 5.02 Å². The first-order valence-electron chi connectivity index (χ1n) is 5.35. The molecule has 2 nitrogen and oxygen atoms in total. The van der Waals surface area contributed by atoms with Gasteiger partial charge in [-0.1, -0.05) is 11.6 Å². The van der Waals surface area contributed by atoms with Crippen LogP contribution in [0.5, 0.6) is 0 Å². The van der Waals surface area contributed by atoms with E-state index in [0.29, 0.717) is 11.6 Å². The first kappa shape index (κ1) is 13.3. The lowest BCUT2D eigenvalue weighted by atomic mass is 10.2. The summed E-state index contributed by atoms with van der Waals surface area (Å²) in [7, 11) is 0. The molecule has 2 aromatic rings. The smallest absolute Gasteiger partial charge is 0.141 e. The predicted octanol–water partition coefficient (Wildman–Crippen LogP) is 4.56. The predicted molar refractivity (Wildman–Crippen MR) is 75.4 cm³/mol. The number of anilines is 1. The Balaban J connectivity index is 2.13. The van der Waals surface area contributed by atoms with Crippen LogP contribution in [0.3, 0.4) is 0 Å². The molecule has 1 aromatic heterocycles. The molecule has 5 heteroatoms. The maximum atomic E-state index is 13.0. The second-order valence-corrected chi connectivity index (χ2v) is 5.21. The van der Waals surface area contributed by atoms with Crippen molar-refractivity contribution in [1.29, 1.82) is 0 Å².